The molecule has 1 aromatic rings. The second-order valence-electron chi connectivity index (χ2n) is 6.98. The van der Waals surface area contributed by atoms with Crippen LogP contribution in [0.15, 0.2) is 47.2 Å². The van der Waals surface area contributed by atoms with Gasteiger partial charge in [-0.15, -0.1) is 12.4 Å². The molecule has 3 heterocycles. The number of fused-ring (bicyclic) bond motifs is 2. The van der Waals surface area contributed by atoms with Gasteiger partial charge in [0.1, 0.15) is 6.29 Å². The molecule has 2 saturated heterocycles. The van der Waals surface area contributed by atoms with Crippen molar-refractivity contribution in [2.24, 2.45) is 5.92 Å². The van der Waals surface area contributed by atoms with Gasteiger partial charge < -0.3 is 5.32 Å². The smallest absolute Gasteiger partial charge is 0.148 e. The maximum atomic E-state index is 11.9. The lowest BCUT2D eigenvalue weighted by molar-refractivity contribution is -0.105. The lowest BCUT2D eigenvalue weighted by atomic mass is 9.62. The summed E-state index contributed by atoms with van der Waals surface area (Å²) in [4.78, 5) is 14.6. The molecule has 4 aliphatic rings. The molecule has 0 saturated carbocycles. The molecule has 2 bridgehead atoms. The summed E-state index contributed by atoms with van der Waals surface area (Å²) in [5.74, 6) is 0.312. The van der Waals surface area contributed by atoms with Gasteiger partial charge in [-0.05, 0) is 31.4 Å². The molecule has 0 amide bonds. The molecule has 0 aromatic heterocycles. The number of carbonyl (C=O) groups is 1. The zero-order valence-corrected chi connectivity index (χ0v) is 14.0. The Balaban J connectivity index is 0.00000135. The summed E-state index contributed by atoms with van der Waals surface area (Å²) in [6.45, 7) is 4.26. The average Bonchev–Trinajstić information content (AvgIpc) is 3.11. The van der Waals surface area contributed by atoms with Gasteiger partial charge in [-0.2, -0.15) is 0 Å². The summed E-state index contributed by atoms with van der Waals surface area (Å²) >= 11 is 0. The number of para-hydroxylation sites is 1. The van der Waals surface area contributed by atoms with Crippen LogP contribution in [0.3, 0.4) is 0 Å². The van der Waals surface area contributed by atoms with E-state index in [4.69, 9.17) is 0 Å². The predicted octanol–water partition coefficient (Wildman–Crippen LogP) is 3.28. The van der Waals surface area contributed by atoms with Gasteiger partial charge in [0.25, 0.3) is 0 Å². The number of rotatable bonds is 1. The van der Waals surface area contributed by atoms with E-state index in [-0.39, 0.29) is 17.8 Å². The number of aldehydes is 1. The van der Waals surface area contributed by atoms with Crippen LogP contribution < -0.4 is 5.32 Å². The predicted molar refractivity (Wildman–Crippen MR) is 93.9 cm³/mol. The fourth-order valence-electron chi connectivity index (χ4n) is 5.44. The van der Waals surface area contributed by atoms with Crippen LogP contribution in [-0.2, 0) is 10.2 Å². The van der Waals surface area contributed by atoms with E-state index in [0.29, 0.717) is 12.0 Å². The van der Waals surface area contributed by atoms with Gasteiger partial charge in [-0.25, -0.2) is 0 Å². The van der Waals surface area contributed by atoms with E-state index in [1.54, 1.807) is 0 Å². The van der Waals surface area contributed by atoms with Crippen LogP contribution in [0.5, 0.6) is 0 Å². The second-order valence-corrected chi connectivity index (χ2v) is 6.98. The first-order valence-corrected chi connectivity index (χ1v) is 8.25. The third-order valence-corrected chi connectivity index (χ3v) is 6.37. The van der Waals surface area contributed by atoms with Crippen molar-refractivity contribution in [1.29, 1.82) is 0 Å². The van der Waals surface area contributed by atoms with Gasteiger partial charge in [-0.1, -0.05) is 29.8 Å². The van der Waals surface area contributed by atoms with Crippen LogP contribution in [0.1, 0.15) is 25.3 Å². The van der Waals surface area contributed by atoms with E-state index >= 15 is 0 Å². The standard InChI is InChI=1S/C19H20N2O.ClH/c1-2-12-10-21-8-7-19-15-5-3-4-6-16(15)20-18(19)14(11-22)13(12)9-17(19)21;/h2-6,11,13,17,20H,7-10H2,1H3;1H/b12-2+;/t13-,17-,19-;/m0./s1. The lowest BCUT2D eigenvalue weighted by Crippen LogP contribution is -2.52. The van der Waals surface area contributed by atoms with Crippen molar-refractivity contribution >= 4 is 24.4 Å². The van der Waals surface area contributed by atoms with Gasteiger partial charge >= 0.3 is 0 Å². The fraction of sp³-hybridized carbons (Fsp3) is 0.421. The summed E-state index contributed by atoms with van der Waals surface area (Å²) in [6, 6.07) is 9.16. The van der Waals surface area contributed by atoms with Crippen molar-refractivity contribution in [3.05, 3.63) is 52.7 Å². The number of anilines is 1. The van der Waals surface area contributed by atoms with Crippen molar-refractivity contribution in [2.75, 3.05) is 18.4 Å². The van der Waals surface area contributed by atoms with E-state index in [9.17, 15) is 4.79 Å². The third-order valence-electron chi connectivity index (χ3n) is 6.37. The first kappa shape index (κ1) is 15.0. The second kappa shape index (κ2) is 4.96. The van der Waals surface area contributed by atoms with E-state index in [0.717, 1.165) is 37.8 Å². The number of allylic oxidation sites excluding steroid dienone is 2. The van der Waals surface area contributed by atoms with Crippen molar-refractivity contribution in [1.82, 2.24) is 4.90 Å². The van der Waals surface area contributed by atoms with Gasteiger partial charge in [0.05, 0.1) is 5.41 Å². The molecule has 1 spiro atoms. The minimum absolute atomic E-state index is 0. The van der Waals surface area contributed by atoms with Crippen molar-refractivity contribution in [2.45, 2.75) is 31.2 Å². The number of hydrogen-bond donors (Lipinski definition) is 1. The molecule has 0 unspecified atom stereocenters. The molecule has 3 atom stereocenters. The van der Waals surface area contributed by atoms with Gasteiger partial charge in [0.2, 0.25) is 0 Å². The van der Waals surface area contributed by atoms with Crippen LogP contribution in [0.4, 0.5) is 5.69 Å². The number of halogens is 1. The SMILES string of the molecule is C/C=C1\CN2CC[C@@]34C(=C(C=O)[C@H]1C[C@H]23)Nc1ccccc14.Cl. The Morgan fingerprint density at radius 2 is 2.17 bits per heavy atom. The van der Waals surface area contributed by atoms with E-state index in [2.05, 4.69) is 47.5 Å². The molecule has 4 heteroatoms. The van der Waals surface area contributed by atoms with Crippen LogP contribution in [0.2, 0.25) is 0 Å². The minimum Gasteiger partial charge on any atom is -0.358 e. The third kappa shape index (κ3) is 1.62. The Bertz CT molecular complexity index is 753. The first-order valence-electron chi connectivity index (χ1n) is 8.25. The molecule has 3 nitrogen and oxygen atoms in total. The Morgan fingerprint density at radius 3 is 2.96 bits per heavy atom. The number of hydrogen-bond acceptors (Lipinski definition) is 3. The van der Waals surface area contributed by atoms with Crippen LogP contribution >= 0.6 is 12.4 Å². The molecular weight excluding hydrogens is 308 g/mol. The van der Waals surface area contributed by atoms with Gasteiger partial charge in [0.15, 0.2) is 0 Å². The highest BCUT2D eigenvalue weighted by Gasteiger charge is 2.60. The van der Waals surface area contributed by atoms with Crippen molar-refractivity contribution in [3.63, 3.8) is 0 Å². The van der Waals surface area contributed by atoms with Crippen LogP contribution in [0.25, 0.3) is 0 Å². The molecule has 5 rings (SSSR count). The summed E-state index contributed by atoms with van der Waals surface area (Å²) in [5.41, 5.74) is 6.25. The van der Waals surface area contributed by atoms with Crippen molar-refractivity contribution < 1.29 is 4.79 Å². The maximum absolute atomic E-state index is 11.9. The normalized spacial score (nSPS) is 35.4. The van der Waals surface area contributed by atoms with E-state index < -0.39 is 0 Å². The highest BCUT2D eigenvalue weighted by Crippen LogP contribution is 2.60. The summed E-state index contributed by atoms with van der Waals surface area (Å²) in [5, 5.41) is 3.62. The molecule has 23 heavy (non-hydrogen) atoms. The molecule has 1 N–H and O–H groups in total. The van der Waals surface area contributed by atoms with Crippen LogP contribution in [0, 0.1) is 5.92 Å². The van der Waals surface area contributed by atoms with E-state index in [1.165, 1.54) is 22.5 Å². The summed E-state index contributed by atoms with van der Waals surface area (Å²) in [7, 11) is 0. The number of benzene rings is 1. The Kier molecular flexibility index (Phi) is 3.23. The summed E-state index contributed by atoms with van der Waals surface area (Å²) in [6.07, 6.45) is 5.55. The lowest BCUT2D eigenvalue weighted by Gasteiger charge is -2.48. The molecule has 3 aliphatic heterocycles. The zero-order chi connectivity index (χ0) is 14.9. The molecular formula is C19H21ClN2O. The minimum atomic E-state index is 0. The highest BCUT2D eigenvalue weighted by atomic mass is 35.5. The number of nitrogens with one attached hydrogen (secondary N) is 1. The number of piperidine rings is 1. The Hall–Kier alpha value is -1.58. The zero-order valence-electron chi connectivity index (χ0n) is 13.2. The molecule has 1 aliphatic carbocycles. The van der Waals surface area contributed by atoms with Crippen molar-refractivity contribution in [3.8, 4) is 0 Å². The monoisotopic (exact) mass is 328 g/mol. The van der Waals surface area contributed by atoms with E-state index in [1.807, 2.05) is 0 Å². The summed E-state index contributed by atoms with van der Waals surface area (Å²) < 4.78 is 0. The maximum Gasteiger partial charge on any atom is 0.148 e. The largest absolute Gasteiger partial charge is 0.358 e. The first-order chi connectivity index (χ1) is 10.8. The van der Waals surface area contributed by atoms with Crippen LogP contribution in [-0.4, -0.2) is 30.3 Å². The fourth-order valence-corrected chi connectivity index (χ4v) is 5.44. The van der Waals surface area contributed by atoms with Gasteiger partial charge in [-0.3, -0.25) is 9.69 Å². The molecule has 120 valence electrons. The molecule has 1 aromatic carbocycles. The Morgan fingerprint density at radius 1 is 1.35 bits per heavy atom. The number of nitrogens with zero attached hydrogens (tertiary/aromatic N) is 1. The Labute approximate surface area is 142 Å². The van der Waals surface area contributed by atoms with Gasteiger partial charge in [0, 0.05) is 42.0 Å². The molecule has 2 fully saturated rings. The quantitative estimate of drug-likeness (QED) is 0.634. The average molecular weight is 329 g/mol. The number of carbonyl (C=O) groups excluding carboxylic acids is 1. The highest BCUT2D eigenvalue weighted by molar-refractivity contribution is 5.85. The topological polar surface area (TPSA) is 32.3 Å². The molecule has 0 radical (unpaired) electrons.